The molecule has 0 saturated carbocycles. The van der Waals surface area contributed by atoms with E-state index in [0.717, 1.165) is 31.4 Å². The fourth-order valence-corrected chi connectivity index (χ4v) is 2.80. The van der Waals surface area contributed by atoms with Crippen LogP contribution < -0.4 is 5.32 Å². The van der Waals surface area contributed by atoms with Gasteiger partial charge in [-0.25, -0.2) is 13.5 Å². The van der Waals surface area contributed by atoms with Crippen LogP contribution in [0.2, 0.25) is 0 Å². The average Bonchev–Trinajstić information content (AvgIpc) is 2.92. The molecule has 1 saturated heterocycles. The van der Waals surface area contributed by atoms with Crippen LogP contribution in [0.4, 0.5) is 8.78 Å². The van der Waals surface area contributed by atoms with Gasteiger partial charge in [-0.15, -0.1) is 12.4 Å². The van der Waals surface area contributed by atoms with Crippen molar-refractivity contribution >= 4 is 12.4 Å². The molecule has 23 heavy (non-hydrogen) atoms. The molecule has 0 aliphatic carbocycles. The molecule has 7 heteroatoms. The lowest BCUT2D eigenvalue weighted by Crippen LogP contribution is -2.54. The maximum absolute atomic E-state index is 13.8. The molecule has 2 aromatic rings. The molecule has 4 nitrogen and oxygen atoms in total. The maximum Gasteiger partial charge on any atom is 0.151 e. The zero-order valence-corrected chi connectivity index (χ0v) is 14.0. The number of halogens is 3. The summed E-state index contributed by atoms with van der Waals surface area (Å²) in [7, 11) is 0. The van der Waals surface area contributed by atoms with Gasteiger partial charge in [0.25, 0.3) is 0 Å². The SMILES string of the molecule is CC1NCCN(Cc2ccn(-c3ccc(F)cc3F)n2)C1C.Cl. The normalized spacial score (nSPS) is 21.9. The van der Waals surface area contributed by atoms with E-state index in [-0.39, 0.29) is 18.1 Å². The second-order valence-electron chi connectivity index (χ2n) is 5.80. The third-order valence-corrected chi connectivity index (χ3v) is 4.33. The Morgan fingerprint density at radius 1 is 1.26 bits per heavy atom. The Kier molecular flexibility index (Phi) is 5.73. The molecule has 1 aliphatic heterocycles. The quantitative estimate of drug-likeness (QED) is 0.931. The molecule has 2 heterocycles. The zero-order chi connectivity index (χ0) is 15.7. The number of nitrogens with one attached hydrogen (secondary N) is 1. The van der Waals surface area contributed by atoms with Crippen LogP contribution in [0.15, 0.2) is 30.5 Å². The van der Waals surface area contributed by atoms with Crippen molar-refractivity contribution in [3.05, 3.63) is 47.8 Å². The second kappa shape index (κ2) is 7.38. The predicted molar refractivity (Wildman–Crippen MR) is 88.1 cm³/mol. The second-order valence-corrected chi connectivity index (χ2v) is 5.80. The van der Waals surface area contributed by atoms with E-state index in [9.17, 15) is 8.78 Å². The first-order valence-corrected chi connectivity index (χ1v) is 7.52. The van der Waals surface area contributed by atoms with Crippen LogP contribution in [0.5, 0.6) is 0 Å². The molecule has 1 fully saturated rings. The molecular formula is C16H21ClF2N4. The van der Waals surface area contributed by atoms with Crippen molar-refractivity contribution in [3.8, 4) is 5.69 Å². The Morgan fingerprint density at radius 3 is 2.78 bits per heavy atom. The summed E-state index contributed by atoms with van der Waals surface area (Å²) >= 11 is 0. The van der Waals surface area contributed by atoms with Gasteiger partial charge in [0.2, 0.25) is 0 Å². The van der Waals surface area contributed by atoms with Crippen LogP contribution in [0, 0.1) is 11.6 Å². The smallest absolute Gasteiger partial charge is 0.151 e. The van der Waals surface area contributed by atoms with E-state index in [4.69, 9.17) is 0 Å². The molecule has 1 N–H and O–H groups in total. The minimum Gasteiger partial charge on any atom is -0.311 e. The van der Waals surface area contributed by atoms with Crippen molar-refractivity contribution in [3.63, 3.8) is 0 Å². The van der Waals surface area contributed by atoms with E-state index in [2.05, 4.69) is 29.2 Å². The van der Waals surface area contributed by atoms with E-state index < -0.39 is 11.6 Å². The van der Waals surface area contributed by atoms with Crippen molar-refractivity contribution in [1.82, 2.24) is 20.0 Å². The van der Waals surface area contributed by atoms with E-state index in [1.165, 1.54) is 16.8 Å². The summed E-state index contributed by atoms with van der Waals surface area (Å²) in [5.41, 5.74) is 1.14. The molecule has 0 bridgehead atoms. The lowest BCUT2D eigenvalue weighted by Gasteiger charge is -2.38. The van der Waals surface area contributed by atoms with Crippen molar-refractivity contribution in [1.29, 1.82) is 0 Å². The molecule has 1 aromatic heterocycles. The topological polar surface area (TPSA) is 33.1 Å². The summed E-state index contributed by atoms with van der Waals surface area (Å²) < 4.78 is 28.2. The summed E-state index contributed by atoms with van der Waals surface area (Å²) in [6.07, 6.45) is 1.71. The first-order valence-electron chi connectivity index (χ1n) is 7.52. The Hall–Kier alpha value is -1.50. The van der Waals surface area contributed by atoms with Gasteiger partial charge in [-0.1, -0.05) is 0 Å². The van der Waals surface area contributed by atoms with Crippen LogP contribution >= 0.6 is 12.4 Å². The highest BCUT2D eigenvalue weighted by Crippen LogP contribution is 2.16. The Balaban J connectivity index is 0.00000192. The van der Waals surface area contributed by atoms with Crippen molar-refractivity contribution in [2.45, 2.75) is 32.5 Å². The van der Waals surface area contributed by atoms with E-state index in [0.29, 0.717) is 12.1 Å². The zero-order valence-electron chi connectivity index (χ0n) is 13.2. The minimum atomic E-state index is -0.612. The number of aromatic nitrogens is 2. The van der Waals surface area contributed by atoms with Gasteiger partial charge in [0.1, 0.15) is 11.5 Å². The largest absolute Gasteiger partial charge is 0.311 e. The molecule has 0 spiro atoms. The number of rotatable bonds is 3. The van der Waals surface area contributed by atoms with Gasteiger partial charge in [-0.3, -0.25) is 4.90 Å². The number of nitrogens with zero attached hydrogens (tertiary/aromatic N) is 3. The molecule has 2 atom stereocenters. The van der Waals surface area contributed by atoms with Gasteiger partial charge in [-0.05, 0) is 32.0 Å². The van der Waals surface area contributed by atoms with Crippen molar-refractivity contribution in [2.75, 3.05) is 13.1 Å². The molecular weight excluding hydrogens is 322 g/mol. The monoisotopic (exact) mass is 342 g/mol. The van der Waals surface area contributed by atoms with Crippen LogP contribution in [-0.4, -0.2) is 39.9 Å². The van der Waals surface area contributed by atoms with Gasteiger partial charge in [-0.2, -0.15) is 5.10 Å². The third kappa shape index (κ3) is 3.88. The first kappa shape index (κ1) is 17.8. The first-order chi connectivity index (χ1) is 10.5. The van der Waals surface area contributed by atoms with Gasteiger partial charge in [0.15, 0.2) is 5.82 Å². The standard InChI is InChI=1S/C16H20F2N4.ClH/c1-11-12(2)21(8-6-19-11)10-14-5-7-22(20-14)16-4-3-13(17)9-15(16)18;/h3-5,7,9,11-12,19H,6,8,10H2,1-2H3;1H. The summed E-state index contributed by atoms with van der Waals surface area (Å²) in [5, 5.41) is 7.86. The summed E-state index contributed by atoms with van der Waals surface area (Å²) in [6, 6.07) is 6.24. The third-order valence-electron chi connectivity index (χ3n) is 4.33. The van der Waals surface area contributed by atoms with Crippen LogP contribution in [0.25, 0.3) is 5.69 Å². The number of piperazine rings is 1. The Morgan fingerprint density at radius 2 is 2.04 bits per heavy atom. The van der Waals surface area contributed by atoms with Gasteiger partial charge >= 0.3 is 0 Å². The molecule has 1 aliphatic rings. The highest BCUT2D eigenvalue weighted by atomic mass is 35.5. The minimum absolute atomic E-state index is 0. The fraction of sp³-hybridized carbons (Fsp3) is 0.438. The molecule has 3 rings (SSSR count). The van der Waals surface area contributed by atoms with Crippen LogP contribution in [0.3, 0.4) is 0 Å². The van der Waals surface area contributed by atoms with E-state index >= 15 is 0 Å². The number of hydrogen-bond acceptors (Lipinski definition) is 3. The maximum atomic E-state index is 13.8. The van der Waals surface area contributed by atoms with Gasteiger partial charge in [0.05, 0.1) is 5.69 Å². The lowest BCUT2D eigenvalue weighted by atomic mass is 10.1. The highest BCUT2D eigenvalue weighted by molar-refractivity contribution is 5.85. The van der Waals surface area contributed by atoms with Crippen molar-refractivity contribution in [2.24, 2.45) is 0 Å². The molecule has 0 amide bonds. The lowest BCUT2D eigenvalue weighted by molar-refractivity contribution is 0.129. The van der Waals surface area contributed by atoms with Crippen molar-refractivity contribution < 1.29 is 8.78 Å². The Labute approximate surface area is 140 Å². The van der Waals surface area contributed by atoms with Crippen LogP contribution in [0.1, 0.15) is 19.5 Å². The molecule has 2 unspecified atom stereocenters. The number of hydrogen-bond donors (Lipinski definition) is 1. The summed E-state index contributed by atoms with van der Waals surface area (Å²) in [5.74, 6) is -1.20. The average molecular weight is 343 g/mol. The summed E-state index contributed by atoms with van der Waals surface area (Å²) in [6.45, 7) is 7.00. The summed E-state index contributed by atoms with van der Waals surface area (Å²) in [4.78, 5) is 2.36. The van der Waals surface area contributed by atoms with Gasteiger partial charge < -0.3 is 5.32 Å². The van der Waals surface area contributed by atoms with Gasteiger partial charge in [0, 0.05) is 44.0 Å². The molecule has 0 radical (unpaired) electrons. The van der Waals surface area contributed by atoms with Crippen LogP contribution in [-0.2, 0) is 6.54 Å². The Bertz CT molecular complexity index is 661. The fourth-order valence-electron chi connectivity index (χ4n) is 2.80. The highest BCUT2D eigenvalue weighted by Gasteiger charge is 2.24. The van der Waals surface area contributed by atoms with E-state index in [1.807, 2.05) is 6.07 Å². The van der Waals surface area contributed by atoms with E-state index in [1.54, 1.807) is 6.20 Å². The number of benzene rings is 1. The predicted octanol–water partition coefficient (Wildman–Crippen LogP) is 2.75. The molecule has 126 valence electrons. The molecule has 1 aromatic carbocycles.